The maximum atomic E-state index is 12.8. The third-order valence-corrected chi connectivity index (χ3v) is 5.32. The molecule has 0 spiro atoms. The second-order valence-corrected chi connectivity index (χ2v) is 6.91. The van der Waals surface area contributed by atoms with Crippen molar-refractivity contribution in [1.82, 2.24) is 14.9 Å². The Morgan fingerprint density at radius 2 is 2.14 bits per heavy atom. The molecule has 116 valence electrons. The smallest absolute Gasteiger partial charge is 0.227 e. The van der Waals surface area contributed by atoms with E-state index in [0.717, 1.165) is 51.6 Å². The van der Waals surface area contributed by atoms with Crippen molar-refractivity contribution in [1.29, 1.82) is 0 Å². The number of piperidine rings is 1. The van der Waals surface area contributed by atoms with E-state index in [-0.39, 0.29) is 17.4 Å². The van der Waals surface area contributed by atoms with Gasteiger partial charge in [0.15, 0.2) is 0 Å². The molecule has 1 amide bonds. The molecule has 2 atom stereocenters. The molecule has 0 bridgehead atoms. The number of hydrogen-bond acceptors (Lipinski definition) is 3. The number of nitrogens with two attached hydrogens (primary N) is 1. The van der Waals surface area contributed by atoms with Gasteiger partial charge < -0.3 is 15.6 Å². The number of carbonyl (C=O) groups is 1. The van der Waals surface area contributed by atoms with Crippen molar-refractivity contribution in [3.05, 3.63) is 18.2 Å². The first-order valence-corrected chi connectivity index (χ1v) is 8.14. The minimum absolute atomic E-state index is 0.00922. The standard InChI is InChI=1S/C16H26N4O/c1-16(17)7-3-2-4-13(16)15(21)20-8-5-12(6-9-20)14-10-18-11-19-14/h10-13H,2-9,17H2,1H3,(H,18,19). The Morgan fingerprint density at radius 3 is 2.76 bits per heavy atom. The number of nitrogens with zero attached hydrogens (tertiary/aromatic N) is 2. The normalized spacial score (nSPS) is 31.3. The lowest BCUT2D eigenvalue weighted by Crippen LogP contribution is -2.54. The van der Waals surface area contributed by atoms with E-state index in [1.54, 1.807) is 6.33 Å². The van der Waals surface area contributed by atoms with Gasteiger partial charge in [-0.1, -0.05) is 12.8 Å². The number of H-pyrrole nitrogens is 1. The molecular weight excluding hydrogens is 264 g/mol. The number of carbonyl (C=O) groups excluding carboxylic acids is 1. The molecule has 1 saturated heterocycles. The molecule has 2 fully saturated rings. The van der Waals surface area contributed by atoms with Crippen molar-refractivity contribution >= 4 is 5.91 Å². The summed E-state index contributed by atoms with van der Waals surface area (Å²) >= 11 is 0. The Hall–Kier alpha value is -1.36. The van der Waals surface area contributed by atoms with Crippen LogP contribution in [0.4, 0.5) is 0 Å². The molecular formula is C16H26N4O. The summed E-state index contributed by atoms with van der Waals surface area (Å²) in [6.45, 7) is 3.73. The molecule has 3 rings (SSSR count). The molecule has 1 saturated carbocycles. The van der Waals surface area contributed by atoms with E-state index in [2.05, 4.69) is 9.97 Å². The average molecular weight is 290 g/mol. The Labute approximate surface area is 126 Å². The fourth-order valence-corrected chi connectivity index (χ4v) is 3.89. The second kappa shape index (κ2) is 5.79. The van der Waals surface area contributed by atoms with Gasteiger partial charge in [0, 0.05) is 36.4 Å². The van der Waals surface area contributed by atoms with Gasteiger partial charge in [-0.2, -0.15) is 0 Å². The summed E-state index contributed by atoms with van der Waals surface area (Å²) in [4.78, 5) is 22.1. The van der Waals surface area contributed by atoms with E-state index in [9.17, 15) is 4.79 Å². The Kier molecular flexibility index (Phi) is 4.02. The Morgan fingerprint density at radius 1 is 1.38 bits per heavy atom. The van der Waals surface area contributed by atoms with Gasteiger partial charge in [-0.15, -0.1) is 0 Å². The van der Waals surface area contributed by atoms with Crippen LogP contribution < -0.4 is 5.73 Å². The van der Waals surface area contributed by atoms with E-state index in [1.807, 2.05) is 18.0 Å². The average Bonchev–Trinajstić information content (AvgIpc) is 3.00. The highest BCUT2D eigenvalue weighted by atomic mass is 16.2. The zero-order valence-electron chi connectivity index (χ0n) is 12.8. The van der Waals surface area contributed by atoms with E-state index in [4.69, 9.17) is 5.73 Å². The minimum atomic E-state index is -0.324. The molecule has 21 heavy (non-hydrogen) atoms. The highest BCUT2D eigenvalue weighted by Crippen LogP contribution is 2.34. The summed E-state index contributed by atoms with van der Waals surface area (Å²) in [6.07, 6.45) is 9.87. The Bertz CT molecular complexity index is 474. The van der Waals surface area contributed by atoms with Crippen LogP contribution in [0.15, 0.2) is 12.5 Å². The van der Waals surface area contributed by atoms with Crippen molar-refractivity contribution in [3.63, 3.8) is 0 Å². The van der Waals surface area contributed by atoms with Crippen LogP contribution in [0.1, 0.15) is 57.1 Å². The number of nitrogens with one attached hydrogen (secondary N) is 1. The van der Waals surface area contributed by atoms with Crippen LogP contribution in [0.2, 0.25) is 0 Å². The van der Waals surface area contributed by atoms with Crippen LogP contribution in [0.25, 0.3) is 0 Å². The lowest BCUT2D eigenvalue weighted by Gasteiger charge is -2.41. The highest BCUT2D eigenvalue weighted by Gasteiger charge is 2.40. The molecule has 1 aromatic heterocycles. The van der Waals surface area contributed by atoms with Crippen molar-refractivity contribution < 1.29 is 4.79 Å². The van der Waals surface area contributed by atoms with Gasteiger partial charge >= 0.3 is 0 Å². The predicted molar refractivity (Wildman–Crippen MR) is 81.7 cm³/mol. The molecule has 0 radical (unpaired) electrons. The van der Waals surface area contributed by atoms with Crippen LogP contribution in [0.3, 0.4) is 0 Å². The maximum Gasteiger partial charge on any atom is 0.227 e. The summed E-state index contributed by atoms with van der Waals surface area (Å²) in [5.74, 6) is 0.796. The van der Waals surface area contributed by atoms with Crippen LogP contribution in [0, 0.1) is 5.92 Å². The minimum Gasteiger partial charge on any atom is -0.348 e. The molecule has 2 heterocycles. The van der Waals surface area contributed by atoms with Crippen molar-refractivity contribution in [3.8, 4) is 0 Å². The number of amides is 1. The molecule has 5 nitrogen and oxygen atoms in total. The fourth-order valence-electron chi connectivity index (χ4n) is 3.89. The summed E-state index contributed by atoms with van der Waals surface area (Å²) in [5, 5.41) is 0. The summed E-state index contributed by atoms with van der Waals surface area (Å²) in [6, 6.07) is 0. The van der Waals surface area contributed by atoms with Gasteiger partial charge in [0.1, 0.15) is 0 Å². The van der Waals surface area contributed by atoms with Gasteiger partial charge in [0.05, 0.1) is 12.2 Å². The lowest BCUT2D eigenvalue weighted by molar-refractivity contribution is -0.140. The number of imidazole rings is 1. The highest BCUT2D eigenvalue weighted by molar-refractivity contribution is 5.80. The topological polar surface area (TPSA) is 75.0 Å². The van der Waals surface area contributed by atoms with Gasteiger partial charge in [-0.05, 0) is 32.6 Å². The first-order valence-electron chi connectivity index (χ1n) is 8.14. The Balaban J connectivity index is 1.60. The van der Waals surface area contributed by atoms with Crippen LogP contribution in [-0.2, 0) is 4.79 Å². The third kappa shape index (κ3) is 2.98. The molecule has 0 aromatic carbocycles. The molecule has 2 aliphatic rings. The van der Waals surface area contributed by atoms with E-state index < -0.39 is 0 Å². The molecule has 2 unspecified atom stereocenters. The summed E-state index contributed by atoms with van der Waals surface area (Å²) in [5.41, 5.74) is 7.25. The van der Waals surface area contributed by atoms with E-state index >= 15 is 0 Å². The summed E-state index contributed by atoms with van der Waals surface area (Å²) in [7, 11) is 0. The van der Waals surface area contributed by atoms with Gasteiger partial charge in [0.2, 0.25) is 5.91 Å². The molecule has 3 N–H and O–H groups in total. The molecule has 1 aliphatic heterocycles. The first kappa shape index (κ1) is 14.6. The fraction of sp³-hybridized carbons (Fsp3) is 0.750. The van der Waals surface area contributed by atoms with E-state index in [0.29, 0.717) is 5.92 Å². The first-order chi connectivity index (χ1) is 10.1. The number of aromatic amines is 1. The van der Waals surface area contributed by atoms with Crippen molar-refractivity contribution in [2.75, 3.05) is 13.1 Å². The lowest BCUT2D eigenvalue weighted by atomic mass is 9.73. The predicted octanol–water partition coefficient (Wildman–Crippen LogP) is 2.02. The number of hydrogen-bond donors (Lipinski definition) is 2. The third-order valence-electron chi connectivity index (χ3n) is 5.32. The monoisotopic (exact) mass is 290 g/mol. The van der Waals surface area contributed by atoms with Crippen molar-refractivity contribution in [2.45, 2.75) is 56.9 Å². The molecule has 1 aromatic rings. The molecule has 1 aliphatic carbocycles. The number of rotatable bonds is 2. The maximum absolute atomic E-state index is 12.8. The largest absolute Gasteiger partial charge is 0.348 e. The van der Waals surface area contributed by atoms with E-state index in [1.165, 1.54) is 5.69 Å². The number of aromatic nitrogens is 2. The molecule has 5 heteroatoms. The van der Waals surface area contributed by atoms with Crippen LogP contribution in [0.5, 0.6) is 0 Å². The SMILES string of the molecule is CC1(N)CCCCC1C(=O)N1CCC(c2cnc[nH]2)CC1. The number of likely N-dealkylation sites (tertiary alicyclic amines) is 1. The zero-order chi connectivity index (χ0) is 14.9. The van der Waals surface area contributed by atoms with Crippen molar-refractivity contribution in [2.24, 2.45) is 11.7 Å². The quantitative estimate of drug-likeness (QED) is 0.875. The zero-order valence-corrected chi connectivity index (χ0v) is 12.8. The van der Waals surface area contributed by atoms with Crippen LogP contribution >= 0.6 is 0 Å². The van der Waals surface area contributed by atoms with Crippen LogP contribution in [-0.4, -0.2) is 39.4 Å². The van der Waals surface area contributed by atoms with Gasteiger partial charge in [-0.3, -0.25) is 4.79 Å². The van der Waals surface area contributed by atoms with Gasteiger partial charge in [-0.25, -0.2) is 4.98 Å². The van der Waals surface area contributed by atoms with Gasteiger partial charge in [0.25, 0.3) is 0 Å². The second-order valence-electron chi connectivity index (χ2n) is 6.91. The summed E-state index contributed by atoms with van der Waals surface area (Å²) < 4.78 is 0.